The SMILES string of the molecule is O=Cc1occ2cc(N=CC(O)(CC3CCOc4ccccc43)C(F)(F)F)ccc12. The number of halogens is 3. The normalized spacial score (nSPS) is 18.7. The van der Waals surface area contributed by atoms with Crippen molar-refractivity contribution in [1.82, 2.24) is 0 Å². The van der Waals surface area contributed by atoms with Crippen LogP contribution >= 0.6 is 0 Å². The van der Waals surface area contributed by atoms with Crippen LogP contribution in [0.15, 0.2) is 58.1 Å². The number of aldehydes is 1. The summed E-state index contributed by atoms with van der Waals surface area (Å²) >= 11 is 0. The third-order valence-corrected chi connectivity index (χ3v) is 5.28. The zero-order valence-electron chi connectivity index (χ0n) is 15.7. The summed E-state index contributed by atoms with van der Waals surface area (Å²) in [6.07, 6.45) is -2.68. The number of ether oxygens (including phenoxy) is 1. The molecule has 0 aliphatic carbocycles. The fraction of sp³-hybridized carbons (Fsp3) is 0.273. The molecular formula is C22H18F3NO4. The first-order chi connectivity index (χ1) is 14.3. The van der Waals surface area contributed by atoms with Crippen LogP contribution in [0.2, 0.25) is 0 Å². The minimum absolute atomic E-state index is 0.130. The zero-order valence-corrected chi connectivity index (χ0v) is 15.7. The van der Waals surface area contributed by atoms with Crippen molar-refractivity contribution in [3.8, 4) is 5.75 Å². The maximum Gasteiger partial charge on any atom is 0.422 e. The molecule has 5 nitrogen and oxygen atoms in total. The number of carbonyl (C=O) groups excluding carboxylic acids is 1. The Bertz CT molecular complexity index is 1110. The molecule has 2 heterocycles. The van der Waals surface area contributed by atoms with Crippen molar-refractivity contribution in [1.29, 1.82) is 0 Å². The molecule has 4 rings (SSSR count). The summed E-state index contributed by atoms with van der Waals surface area (Å²) < 4.78 is 52.0. The number of hydrogen-bond acceptors (Lipinski definition) is 5. The van der Waals surface area contributed by atoms with Gasteiger partial charge < -0.3 is 14.3 Å². The Morgan fingerprint density at radius 2 is 2.00 bits per heavy atom. The highest BCUT2D eigenvalue weighted by molar-refractivity contribution is 5.97. The van der Waals surface area contributed by atoms with Crippen LogP contribution in [0.3, 0.4) is 0 Å². The number of furan rings is 1. The van der Waals surface area contributed by atoms with Crippen LogP contribution in [-0.4, -0.2) is 36.0 Å². The van der Waals surface area contributed by atoms with E-state index in [0.717, 1.165) is 0 Å². The van der Waals surface area contributed by atoms with Gasteiger partial charge in [-0.15, -0.1) is 0 Å². The number of carbonyl (C=O) groups is 1. The van der Waals surface area contributed by atoms with Crippen LogP contribution in [0.25, 0.3) is 10.8 Å². The largest absolute Gasteiger partial charge is 0.493 e. The number of aliphatic imine (C=N–C) groups is 1. The molecule has 0 saturated carbocycles. The van der Waals surface area contributed by atoms with Gasteiger partial charge in [-0.3, -0.25) is 9.79 Å². The number of alkyl halides is 3. The summed E-state index contributed by atoms with van der Waals surface area (Å²) in [4.78, 5) is 14.8. The molecule has 2 aromatic carbocycles. The Hall–Kier alpha value is -3.13. The molecule has 1 aliphatic heterocycles. The molecule has 0 spiro atoms. The number of para-hydroxylation sites is 1. The number of fused-ring (bicyclic) bond motifs is 2. The Kier molecular flexibility index (Phi) is 5.11. The molecule has 8 heteroatoms. The number of nitrogens with zero attached hydrogens (tertiary/aromatic N) is 1. The predicted octanol–water partition coefficient (Wildman–Crippen LogP) is 5.20. The van der Waals surface area contributed by atoms with Gasteiger partial charge in [0.25, 0.3) is 0 Å². The van der Waals surface area contributed by atoms with Crippen LogP contribution in [0.1, 0.15) is 34.9 Å². The molecule has 2 unspecified atom stereocenters. The van der Waals surface area contributed by atoms with Crippen LogP contribution < -0.4 is 4.74 Å². The third-order valence-electron chi connectivity index (χ3n) is 5.28. The molecule has 0 saturated heterocycles. The number of hydrogen-bond donors (Lipinski definition) is 1. The van der Waals surface area contributed by atoms with E-state index in [1.54, 1.807) is 24.3 Å². The lowest BCUT2D eigenvalue weighted by molar-refractivity contribution is -0.232. The molecule has 1 N–H and O–H groups in total. The Labute approximate surface area is 169 Å². The number of rotatable bonds is 5. The Morgan fingerprint density at radius 1 is 1.20 bits per heavy atom. The highest BCUT2D eigenvalue weighted by atomic mass is 19.4. The summed E-state index contributed by atoms with van der Waals surface area (Å²) in [6.45, 7) is 0.281. The van der Waals surface area contributed by atoms with E-state index in [1.807, 2.05) is 0 Å². The van der Waals surface area contributed by atoms with Crippen molar-refractivity contribution in [2.24, 2.45) is 4.99 Å². The lowest BCUT2D eigenvalue weighted by Gasteiger charge is -2.33. The highest BCUT2D eigenvalue weighted by Crippen LogP contribution is 2.43. The summed E-state index contributed by atoms with van der Waals surface area (Å²) in [5.74, 6) is 0.136. The van der Waals surface area contributed by atoms with Gasteiger partial charge in [0.05, 0.1) is 18.6 Å². The number of benzene rings is 2. The van der Waals surface area contributed by atoms with Gasteiger partial charge in [-0.2, -0.15) is 13.2 Å². The summed E-state index contributed by atoms with van der Waals surface area (Å²) in [7, 11) is 0. The maximum absolute atomic E-state index is 13.8. The second-order valence-corrected chi connectivity index (χ2v) is 7.25. The first kappa shape index (κ1) is 20.2. The molecule has 1 aromatic heterocycles. The summed E-state index contributed by atoms with van der Waals surface area (Å²) in [5, 5.41) is 11.6. The van der Waals surface area contributed by atoms with Crippen LogP contribution in [-0.2, 0) is 0 Å². The fourth-order valence-corrected chi connectivity index (χ4v) is 3.66. The first-order valence-electron chi connectivity index (χ1n) is 9.33. The molecule has 0 fully saturated rings. The Balaban J connectivity index is 1.64. The average molecular weight is 417 g/mol. The topological polar surface area (TPSA) is 72.0 Å². The first-order valence-corrected chi connectivity index (χ1v) is 9.33. The molecule has 3 aromatic rings. The van der Waals surface area contributed by atoms with Gasteiger partial charge in [0.1, 0.15) is 5.75 Å². The molecule has 2 atom stereocenters. The van der Waals surface area contributed by atoms with Gasteiger partial charge in [-0.05, 0) is 48.6 Å². The predicted molar refractivity (Wildman–Crippen MR) is 105 cm³/mol. The second kappa shape index (κ2) is 7.60. The zero-order chi connectivity index (χ0) is 21.4. The third kappa shape index (κ3) is 3.70. The van der Waals surface area contributed by atoms with E-state index in [4.69, 9.17) is 9.15 Å². The van der Waals surface area contributed by atoms with Crippen LogP contribution in [0.4, 0.5) is 18.9 Å². The van der Waals surface area contributed by atoms with Crippen molar-refractivity contribution in [2.75, 3.05) is 6.61 Å². The minimum atomic E-state index is -4.91. The van der Waals surface area contributed by atoms with Crippen molar-refractivity contribution in [3.05, 3.63) is 60.1 Å². The smallest absolute Gasteiger partial charge is 0.422 e. The lowest BCUT2D eigenvalue weighted by Crippen LogP contribution is -2.48. The van der Waals surface area contributed by atoms with Gasteiger partial charge in [0.2, 0.25) is 0 Å². The molecular weight excluding hydrogens is 399 g/mol. The van der Waals surface area contributed by atoms with E-state index >= 15 is 0 Å². The second-order valence-electron chi connectivity index (χ2n) is 7.25. The molecule has 1 aliphatic rings. The minimum Gasteiger partial charge on any atom is -0.493 e. The van der Waals surface area contributed by atoms with Crippen molar-refractivity contribution >= 4 is 29.0 Å². The molecule has 0 radical (unpaired) electrons. The van der Waals surface area contributed by atoms with Crippen molar-refractivity contribution in [3.63, 3.8) is 0 Å². The molecule has 156 valence electrons. The summed E-state index contributed by atoms with van der Waals surface area (Å²) in [6, 6.07) is 11.4. The van der Waals surface area contributed by atoms with E-state index in [1.165, 1.54) is 24.5 Å². The Morgan fingerprint density at radius 3 is 2.77 bits per heavy atom. The molecule has 30 heavy (non-hydrogen) atoms. The van der Waals surface area contributed by atoms with Gasteiger partial charge in [-0.25, -0.2) is 0 Å². The van der Waals surface area contributed by atoms with E-state index in [9.17, 15) is 23.1 Å². The quantitative estimate of drug-likeness (QED) is 0.458. The van der Waals surface area contributed by atoms with Gasteiger partial charge >= 0.3 is 6.18 Å². The molecule has 0 bridgehead atoms. The standard InChI is InChI=1S/C22H18F3NO4/c23-22(24,25)21(28,10-14-7-8-29-19-4-2-1-3-17(14)19)13-26-16-5-6-18-15(9-16)12-30-20(18)11-27/h1-6,9,11-14,28H,7-8,10H2. The van der Waals surface area contributed by atoms with Crippen LogP contribution in [0.5, 0.6) is 5.75 Å². The van der Waals surface area contributed by atoms with Gasteiger partial charge in [0, 0.05) is 17.0 Å². The van der Waals surface area contributed by atoms with Gasteiger partial charge in [-0.1, -0.05) is 18.2 Å². The van der Waals surface area contributed by atoms with Crippen molar-refractivity contribution in [2.45, 2.75) is 30.5 Å². The van der Waals surface area contributed by atoms with Crippen molar-refractivity contribution < 1.29 is 32.2 Å². The fourth-order valence-electron chi connectivity index (χ4n) is 3.66. The van der Waals surface area contributed by atoms with Gasteiger partial charge in [0.15, 0.2) is 17.6 Å². The van der Waals surface area contributed by atoms with E-state index in [2.05, 4.69) is 4.99 Å². The molecule has 0 amide bonds. The number of aliphatic hydroxyl groups is 1. The highest BCUT2D eigenvalue weighted by Gasteiger charge is 2.54. The van der Waals surface area contributed by atoms with E-state index in [-0.39, 0.29) is 18.1 Å². The maximum atomic E-state index is 13.8. The van der Waals surface area contributed by atoms with E-state index in [0.29, 0.717) is 41.0 Å². The average Bonchev–Trinajstić information content (AvgIpc) is 3.14. The van der Waals surface area contributed by atoms with Crippen LogP contribution in [0, 0.1) is 0 Å². The summed E-state index contributed by atoms with van der Waals surface area (Å²) in [5.41, 5.74) is -2.27. The monoisotopic (exact) mass is 417 g/mol. The lowest BCUT2D eigenvalue weighted by atomic mass is 9.82. The van der Waals surface area contributed by atoms with E-state index < -0.39 is 24.1 Å².